The molecule has 0 aliphatic heterocycles. The average Bonchev–Trinajstić information content (AvgIpc) is 2.15. The van der Waals surface area contributed by atoms with Crippen LogP contribution in [0.25, 0.3) is 0 Å². The number of halogens is 2. The van der Waals surface area contributed by atoms with E-state index in [0.717, 1.165) is 18.4 Å². The maximum atomic E-state index is 6.02. The van der Waals surface area contributed by atoms with Gasteiger partial charge in [-0.2, -0.15) is 0 Å². The van der Waals surface area contributed by atoms with Gasteiger partial charge in [0, 0.05) is 17.8 Å². The minimum atomic E-state index is 0. The quantitative estimate of drug-likeness (QED) is 0.828. The molecule has 86 valence electrons. The zero-order valence-corrected chi connectivity index (χ0v) is 10.7. The minimum Gasteiger partial charge on any atom is -0.324 e. The summed E-state index contributed by atoms with van der Waals surface area (Å²) < 4.78 is 0. The number of pyridine rings is 1. The molecule has 0 saturated heterocycles. The van der Waals surface area contributed by atoms with E-state index in [1.54, 1.807) is 6.20 Å². The Kier molecular flexibility index (Phi) is 6.90. The molecule has 0 bridgehead atoms. The molecular weight excluding hydrogens is 231 g/mol. The van der Waals surface area contributed by atoms with E-state index in [4.69, 9.17) is 17.3 Å². The van der Waals surface area contributed by atoms with E-state index >= 15 is 0 Å². The van der Waals surface area contributed by atoms with Crippen molar-refractivity contribution < 1.29 is 0 Å². The van der Waals surface area contributed by atoms with E-state index in [1.165, 1.54) is 0 Å². The summed E-state index contributed by atoms with van der Waals surface area (Å²) in [5, 5.41) is 0.531. The Morgan fingerprint density at radius 1 is 1.40 bits per heavy atom. The first-order valence-electron chi connectivity index (χ1n) is 4.97. The number of hydrogen-bond donors (Lipinski definition) is 1. The number of aromatic nitrogens is 1. The van der Waals surface area contributed by atoms with E-state index in [2.05, 4.69) is 18.8 Å². The van der Waals surface area contributed by atoms with Gasteiger partial charge < -0.3 is 5.73 Å². The third-order valence-electron chi connectivity index (χ3n) is 2.24. The summed E-state index contributed by atoms with van der Waals surface area (Å²) in [5.74, 6) is 0.677. The second-order valence-corrected chi connectivity index (χ2v) is 4.32. The first-order valence-corrected chi connectivity index (χ1v) is 5.35. The normalized spacial score (nSPS) is 12.3. The van der Waals surface area contributed by atoms with Gasteiger partial charge in [-0.25, -0.2) is 4.98 Å². The largest absolute Gasteiger partial charge is 0.324 e. The van der Waals surface area contributed by atoms with Gasteiger partial charge in [0.2, 0.25) is 0 Å². The van der Waals surface area contributed by atoms with Gasteiger partial charge in [-0.15, -0.1) is 12.4 Å². The highest BCUT2D eigenvalue weighted by Gasteiger charge is 2.10. The molecule has 0 spiro atoms. The molecule has 0 aliphatic rings. The van der Waals surface area contributed by atoms with Crippen molar-refractivity contribution in [3.63, 3.8) is 0 Å². The molecule has 15 heavy (non-hydrogen) atoms. The standard InChI is InChI=1S/C11H17ClN2.ClH/c1-8(2)5-6-10(13)9-4-3-7-14-11(9)12;/h3-4,7-8,10H,5-6,13H2,1-2H3;1H/t10-;/m1./s1. The Hall–Kier alpha value is -0.310. The summed E-state index contributed by atoms with van der Waals surface area (Å²) in [6.07, 6.45) is 3.76. The van der Waals surface area contributed by atoms with Gasteiger partial charge in [-0.05, 0) is 24.8 Å². The van der Waals surface area contributed by atoms with Crippen molar-refractivity contribution >= 4 is 24.0 Å². The fourth-order valence-electron chi connectivity index (χ4n) is 1.34. The third kappa shape index (κ3) is 4.83. The van der Waals surface area contributed by atoms with E-state index in [1.807, 2.05) is 12.1 Å². The Labute approximate surface area is 103 Å². The summed E-state index contributed by atoms with van der Waals surface area (Å²) in [7, 11) is 0. The van der Waals surface area contributed by atoms with Crippen molar-refractivity contribution in [1.29, 1.82) is 0 Å². The molecule has 0 radical (unpaired) electrons. The number of nitrogens with zero attached hydrogens (tertiary/aromatic N) is 1. The molecule has 1 aromatic heterocycles. The molecular formula is C11H18Cl2N2. The van der Waals surface area contributed by atoms with Gasteiger partial charge in [0.15, 0.2) is 0 Å². The smallest absolute Gasteiger partial charge is 0.133 e. The van der Waals surface area contributed by atoms with E-state index in [0.29, 0.717) is 11.1 Å². The van der Waals surface area contributed by atoms with E-state index in [-0.39, 0.29) is 18.4 Å². The van der Waals surface area contributed by atoms with Crippen LogP contribution in [0.4, 0.5) is 0 Å². The summed E-state index contributed by atoms with van der Waals surface area (Å²) in [5.41, 5.74) is 6.97. The number of rotatable bonds is 4. The molecule has 2 N–H and O–H groups in total. The highest BCUT2D eigenvalue weighted by molar-refractivity contribution is 6.30. The molecule has 1 rings (SSSR count). The lowest BCUT2D eigenvalue weighted by atomic mass is 9.99. The number of nitrogens with two attached hydrogens (primary N) is 1. The topological polar surface area (TPSA) is 38.9 Å². The van der Waals surface area contributed by atoms with Crippen LogP contribution < -0.4 is 5.73 Å². The molecule has 2 nitrogen and oxygen atoms in total. The van der Waals surface area contributed by atoms with E-state index in [9.17, 15) is 0 Å². The van der Waals surface area contributed by atoms with Crippen LogP contribution in [0.3, 0.4) is 0 Å². The lowest BCUT2D eigenvalue weighted by Crippen LogP contribution is -2.12. The predicted octanol–water partition coefficient (Wildman–Crippen LogP) is 3.59. The summed E-state index contributed by atoms with van der Waals surface area (Å²) in [6, 6.07) is 3.83. The van der Waals surface area contributed by atoms with Crippen molar-refractivity contribution in [2.45, 2.75) is 32.7 Å². The van der Waals surface area contributed by atoms with Crippen LogP contribution in [0.2, 0.25) is 5.15 Å². The zero-order chi connectivity index (χ0) is 10.6. The first kappa shape index (κ1) is 14.7. The van der Waals surface area contributed by atoms with Crippen LogP contribution in [0.5, 0.6) is 0 Å². The average molecular weight is 249 g/mol. The van der Waals surface area contributed by atoms with Crippen molar-refractivity contribution in [2.75, 3.05) is 0 Å². The second kappa shape index (κ2) is 7.04. The highest BCUT2D eigenvalue weighted by atomic mass is 35.5. The van der Waals surface area contributed by atoms with Gasteiger partial charge >= 0.3 is 0 Å². The van der Waals surface area contributed by atoms with Crippen molar-refractivity contribution in [3.8, 4) is 0 Å². The van der Waals surface area contributed by atoms with Gasteiger partial charge in [-0.3, -0.25) is 0 Å². The van der Waals surface area contributed by atoms with Gasteiger partial charge in [0.25, 0.3) is 0 Å². The van der Waals surface area contributed by atoms with Crippen LogP contribution in [-0.4, -0.2) is 4.98 Å². The van der Waals surface area contributed by atoms with Gasteiger partial charge in [0.1, 0.15) is 5.15 Å². The van der Waals surface area contributed by atoms with Crippen LogP contribution in [-0.2, 0) is 0 Å². The van der Waals surface area contributed by atoms with Gasteiger partial charge in [0.05, 0.1) is 0 Å². The molecule has 0 fully saturated rings. The maximum Gasteiger partial charge on any atom is 0.133 e. The third-order valence-corrected chi connectivity index (χ3v) is 2.56. The molecule has 0 aliphatic carbocycles. The predicted molar refractivity (Wildman–Crippen MR) is 67.5 cm³/mol. The van der Waals surface area contributed by atoms with Crippen molar-refractivity contribution in [1.82, 2.24) is 4.98 Å². The molecule has 0 saturated carbocycles. The Morgan fingerprint density at radius 3 is 2.60 bits per heavy atom. The molecule has 0 amide bonds. The lowest BCUT2D eigenvalue weighted by molar-refractivity contribution is 0.506. The van der Waals surface area contributed by atoms with Crippen molar-refractivity contribution in [2.24, 2.45) is 11.7 Å². The summed E-state index contributed by atoms with van der Waals surface area (Å²) in [4.78, 5) is 4.01. The van der Waals surface area contributed by atoms with Crippen LogP contribution in [0.15, 0.2) is 18.3 Å². The Morgan fingerprint density at radius 2 is 2.07 bits per heavy atom. The molecule has 1 atom stereocenters. The number of hydrogen-bond acceptors (Lipinski definition) is 2. The molecule has 0 unspecified atom stereocenters. The highest BCUT2D eigenvalue weighted by Crippen LogP contribution is 2.23. The van der Waals surface area contributed by atoms with Gasteiger partial charge in [-0.1, -0.05) is 31.5 Å². The zero-order valence-electron chi connectivity index (χ0n) is 9.11. The van der Waals surface area contributed by atoms with Crippen LogP contribution in [0, 0.1) is 5.92 Å². The fraction of sp³-hybridized carbons (Fsp3) is 0.545. The maximum absolute atomic E-state index is 6.02. The fourth-order valence-corrected chi connectivity index (χ4v) is 1.60. The minimum absolute atomic E-state index is 0. The Bertz CT molecular complexity index is 290. The van der Waals surface area contributed by atoms with Crippen molar-refractivity contribution in [3.05, 3.63) is 29.0 Å². The molecule has 4 heteroatoms. The molecule has 1 aromatic rings. The summed E-state index contributed by atoms with van der Waals surface area (Å²) >= 11 is 5.94. The van der Waals surface area contributed by atoms with Crippen LogP contribution in [0.1, 0.15) is 38.3 Å². The van der Waals surface area contributed by atoms with E-state index < -0.39 is 0 Å². The molecule has 1 heterocycles. The Balaban J connectivity index is 0.00000196. The lowest BCUT2D eigenvalue weighted by Gasteiger charge is -2.13. The SMILES string of the molecule is CC(C)CC[C@@H](N)c1cccnc1Cl.Cl. The molecule has 0 aromatic carbocycles. The summed E-state index contributed by atoms with van der Waals surface area (Å²) in [6.45, 7) is 4.38. The second-order valence-electron chi connectivity index (χ2n) is 3.96. The monoisotopic (exact) mass is 248 g/mol. The van der Waals surface area contributed by atoms with Crippen LogP contribution >= 0.6 is 24.0 Å². The first-order chi connectivity index (χ1) is 6.61.